The largest absolute Gasteiger partial charge is 0.386 e. The molecule has 130 valence electrons. The second-order valence-corrected chi connectivity index (χ2v) is 6.08. The maximum Gasteiger partial charge on any atom is 0.204 e. The van der Waals surface area contributed by atoms with Gasteiger partial charge >= 0.3 is 0 Å². The summed E-state index contributed by atoms with van der Waals surface area (Å²) in [5.74, 6) is 0.531. The van der Waals surface area contributed by atoms with E-state index in [2.05, 4.69) is 30.9 Å². The van der Waals surface area contributed by atoms with Gasteiger partial charge in [-0.25, -0.2) is 4.68 Å². The molecule has 8 nitrogen and oxygen atoms in total. The molecule has 0 unspecified atom stereocenters. The topological polar surface area (TPSA) is 105 Å². The summed E-state index contributed by atoms with van der Waals surface area (Å²) >= 11 is 6.12. The molecular formula is C17H14ClN7O. The molecule has 2 aromatic carbocycles. The Morgan fingerprint density at radius 1 is 1.04 bits per heavy atom. The van der Waals surface area contributed by atoms with Gasteiger partial charge in [-0.1, -0.05) is 59.3 Å². The van der Waals surface area contributed by atoms with Gasteiger partial charge in [0.2, 0.25) is 5.82 Å². The maximum atomic E-state index is 10.4. The van der Waals surface area contributed by atoms with Crippen LogP contribution in [0.4, 0.5) is 0 Å². The number of rotatable bonds is 5. The number of aliphatic hydroxyl groups excluding tert-OH is 1. The SMILES string of the molecule is O[C@H](Cn1cc(-c2ccc(-c3nn[nH]n3)cc2)nn1)c1ccccc1Cl. The smallest absolute Gasteiger partial charge is 0.204 e. The fourth-order valence-corrected chi connectivity index (χ4v) is 2.88. The minimum absolute atomic E-state index is 0.262. The van der Waals surface area contributed by atoms with Crippen molar-refractivity contribution in [2.45, 2.75) is 12.6 Å². The summed E-state index contributed by atoms with van der Waals surface area (Å²) in [5, 5.41) is 33.0. The highest BCUT2D eigenvalue weighted by molar-refractivity contribution is 6.31. The fraction of sp³-hybridized carbons (Fsp3) is 0.118. The van der Waals surface area contributed by atoms with Gasteiger partial charge in [0.1, 0.15) is 11.8 Å². The quantitative estimate of drug-likeness (QED) is 0.561. The summed E-state index contributed by atoms with van der Waals surface area (Å²) < 4.78 is 1.59. The summed E-state index contributed by atoms with van der Waals surface area (Å²) in [4.78, 5) is 0. The monoisotopic (exact) mass is 367 g/mol. The molecule has 0 aliphatic carbocycles. The van der Waals surface area contributed by atoms with E-state index in [1.165, 1.54) is 0 Å². The molecule has 0 spiro atoms. The van der Waals surface area contributed by atoms with Crippen LogP contribution in [0.2, 0.25) is 5.02 Å². The number of H-pyrrole nitrogens is 1. The van der Waals surface area contributed by atoms with Crippen molar-refractivity contribution in [2.24, 2.45) is 0 Å². The van der Waals surface area contributed by atoms with Crippen LogP contribution in [0.3, 0.4) is 0 Å². The first kappa shape index (κ1) is 16.4. The standard InChI is InChI=1S/C17H14ClN7O/c18-14-4-2-1-3-13(14)16(26)10-25-9-15(19-24-25)11-5-7-12(8-6-11)17-20-22-23-21-17/h1-9,16,26H,10H2,(H,20,21,22,23)/t16-/m1/s1. The predicted octanol–water partition coefficient (Wildman–Crippen LogP) is 2.51. The molecule has 26 heavy (non-hydrogen) atoms. The number of nitrogens with zero attached hydrogens (tertiary/aromatic N) is 6. The molecule has 2 N–H and O–H groups in total. The van der Waals surface area contributed by atoms with Crippen LogP contribution in [-0.2, 0) is 6.54 Å². The minimum Gasteiger partial charge on any atom is -0.386 e. The Kier molecular flexibility index (Phi) is 4.42. The Bertz CT molecular complexity index is 998. The second kappa shape index (κ2) is 7.03. The fourth-order valence-electron chi connectivity index (χ4n) is 2.61. The van der Waals surface area contributed by atoms with E-state index in [9.17, 15) is 5.11 Å². The van der Waals surface area contributed by atoms with Crippen LogP contribution in [0.1, 0.15) is 11.7 Å². The molecule has 0 saturated carbocycles. The van der Waals surface area contributed by atoms with Crippen molar-refractivity contribution in [1.29, 1.82) is 0 Å². The van der Waals surface area contributed by atoms with Crippen molar-refractivity contribution in [3.63, 3.8) is 0 Å². The molecule has 1 atom stereocenters. The molecule has 2 heterocycles. The molecule has 0 aliphatic heterocycles. The zero-order valence-corrected chi connectivity index (χ0v) is 14.2. The van der Waals surface area contributed by atoms with Crippen LogP contribution in [0.15, 0.2) is 54.7 Å². The number of aliphatic hydroxyl groups is 1. The summed E-state index contributed by atoms with van der Waals surface area (Å²) in [5.41, 5.74) is 3.12. The van der Waals surface area contributed by atoms with Crippen molar-refractivity contribution < 1.29 is 5.11 Å². The van der Waals surface area contributed by atoms with E-state index in [0.717, 1.165) is 11.1 Å². The summed E-state index contributed by atoms with van der Waals surface area (Å²) in [7, 11) is 0. The number of nitrogens with one attached hydrogen (secondary N) is 1. The van der Waals surface area contributed by atoms with E-state index in [4.69, 9.17) is 11.6 Å². The predicted molar refractivity (Wildman–Crippen MR) is 95.0 cm³/mol. The molecule has 4 aromatic rings. The summed E-state index contributed by atoms with van der Waals surface area (Å²) in [6.07, 6.45) is 1.02. The lowest BCUT2D eigenvalue weighted by molar-refractivity contribution is 0.151. The molecule has 2 aromatic heterocycles. The van der Waals surface area contributed by atoms with Gasteiger partial charge in [-0.05, 0) is 11.3 Å². The van der Waals surface area contributed by atoms with Crippen molar-refractivity contribution in [3.05, 3.63) is 65.3 Å². The second-order valence-electron chi connectivity index (χ2n) is 5.68. The van der Waals surface area contributed by atoms with Crippen LogP contribution in [-0.4, -0.2) is 40.7 Å². The van der Waals surface area contributed by atoms with Crippen molar-refractivity contribution in [1.82, 2.24) is 35.6 Å². The number of benzene rings is 2. The van der Waals surface area contributed by atoms with Gasteiger partial charge in [-0.3, -0.25) is 0 Å². The van der Waals surface area contributed by atoms with E-state index in [1.807, 2.05) is 36.4 Å². The molecule has 0 amide bonds. The summed E-state index contributed by atoms with van der Waals surface area (Å²) in [6.45, 7) is 0.262. The highest BCUT2D eigenvalue weighted by Crippen LogP contribution is 2.25. The molecule has 0 saturated heterocycles. The Labute approximate surface area is 153 Å². The zero-order chi connectivity index (χ0) is 17.9. The molecule has 9 heteroatoms. The van der Waals surface area contributed by atoms with E-state index in [-0.39, 0.29) is 6.54 Å². The van der Waals surface area contributed by atoms with Gasteiger partial charge in [0.25, 0.3) is 0 Å². The third-order valence-electron chi connectivity index (χ3n) is 3.95. The van der Waals surface area contributed by atoms with Crippen molar-refractivity contribution in [2.75, 3.05) is 0 Å². The Morgan fingerprint density at radius 2 is 1.81 bits per heavy atom. The highest BCUT2D eigenvalue weighted by Gasteiger charge is 2.13. The van der Waals surface area contributed by atoms with Crippen LogP contribution >= 0.6 is 11.6 Å². The van der Waals surface area contributed by atoms with Gasteiger partial charge in [0.15, 0.2) is 0 Å². The third-order valence-corrected chi connectivity index (χ3v) is 4.29. The van der Waals surface area contributed by atoms with Gasteiger partial charge in [0, 0.05) is 21.7 Å². The average Bonchev–Trinajstić information content (AvgIpc) is 3.34. The lowest BCUT2D eigenvalue weighted by Gasteiger charge is -2.11. The van der Waals surface area contributed by atoms with E-state index in [0.29, 0.717) is 22.1 Å². The maximum absolute atomic E-state index is 10.4. The number of hydrogen-bond acceptors (Lipinski definition) is 6. The number of aromatic nitrogens is 7. The van der Waals surface area contributed by atoms with E-state index in [1.54, 1.807) is 23.0 Å². The van der Waals surface area contributed by atoms with Gasteiger partial charge < -0.3 is 5.11 Å². The number of hydrogen-bond donors (Lipinski definition) is 2. The van der Waals surface area contributed by atoms with E-state index >= 15 is 0 Å². The highest BCUT2D eigenvalue weighted by atomic mass is 35.5. The Balaban J connectivity index is 1.50. The van der Waals surface area contributed by atoms with E-state index < -0.39 is 6.10 Å². The van der Waals surface area contributed by atoms with Gasteiger partial charge in [-0.15, -0.1) is 15.3 Å². The average molecular weight is 368 g/mol. The molecule has 0 bridgehead atoms. The first-order chi connectivity index (χ1) is 12.7. The lowest BCUT2D eigenvalue weighted by Crippen LogP contribution is -2.09. The lowest BCUT2D eigenvalue weighted by atomic mass is 10.1. The normalized spacial score (nSPS) is 12.2. The number of halogens is 1. The van der Waals surface area contributed by atoms with Gasteiger partial charge in [-0.2, -0.15) is 5.21 Å². The molecule has 0 radical (unpaired) electrons. The third kappa shape index (κ3) is 3.32. The van der Waals surface area contributed by atoms with Gasteiger partial charge in [0.05, 0.1) is 12.7 Å². The first-order valence-corrected chi connectivity index (χ1v) is 8.25. The van der Waals surface area contributed by atoms with Crippen LogP contribution in [0, 0.1) is 0 Å². The molecule has 0 fully saturated rings. The summed E-state index contributed by atoms with van der Waals surface area (Å²) in [6, 6.07) is 14.8. The van der Waals surface area contributed by atoms with Crippen molar-refractivity contribution >= 4 is 11.6 Å². The number of tetrazole rings is 1. The minimum atomic E-state index is -0.765. The van der Waals surface area contributed by atoms with Crippen molar-refractivity contribution in [3.8, 4) is 22.6 Å². The van der Waals surface area contributed by atoms with Crippen LogP contribution in [0.5, 0.6) is 0 Å². The molecular weight excluding hydrogens is 354 g/mol. The molecule has 4 rings (SSSR count). The van der Waals surface area contributed by atoms with Crippen LogP contribution < -0.4 is 0 Å². The number of aromatic amines is 1. The zero-order valence-electron chi connectivity index (χ0n) is 13.5. The Hall–Kier alpha value is -3.10. The molecule has 0 aliphatic rings. The first-order valence-electron chi connectivity index (χ1n) is 7.87. The Morgan fingerprint density at radius 3 is 2.54 bits per heavy atom. The van der Waals surface area contributed by atoms with Crippen LogP contribution in [0.25, 0.3) is 22.6 Å².